The van der Waals surface area contributed by atoms with Crippen molar-refractivity contribution in [2.75, 3.05) is 31.9 Å². The van der Waals surface area contributed by atoms with E-state index in [1.54, 1.807) is 11.3 Å². The molecule has 0 radical (unpaired) electrons. The van der Waals surface area contributed by atoms with Gasteiger partial charge in [0.25, 0.3) is 0 Å². The third kappa shape index (κ3) is 3.89. The number of piperazine rings is 1. The normalized spacial score (nSPS) is 15.3. The first-order valence-corrected chi connectivity index (χ1v) is 9.90. The Hall–Kier alpha value is -1.60. The maximum absolute atomic E-state index is 12.4. The molecular weight excluding hydrogens is 342 g/mol. The Morgan fingerprint density at radius 2 is 1.83 bits per heavy atom. The molecule has 1 aromatic carbocycles. The number of hydrogen-bond donors (Lipinski definition) is 0. The van der Waals surface area contributed by atoms with Gasteiger partial charge in [-0.2, -0.15) is 0 Å². The van der Waals surface area contributed by atoms with Crippen molar-refractivity contribution in [2.24, 2.45) is 5.92 Å². The summed E-state index contributed by atoms with van der Waals surface area (Å²) in [5.41, 5.74) is 0.985. The van der Waals surface area contributed by atoms with E-state index in [2.05, 4.69) is 4.98 Å². The average molecular weight is 364 g/mol. The van der Waals surface area contributed by atoms with Gasteiger partial charge in [0.15, 0.2) is 4.34 Å². The SMILES string of the molecule is CC(C)C(=O)N1CCN(C(=O)CSc2nc3ccccc3s2)CC1. The molecule has 0 bridgehead atoms. The van der Waals surface area contributed by atoms with Crippen LogP contribution in [0.1, 0.15) is 13.8 Å². The standard InChI is InChI=1S/C17H21N3O2S2/c1-12(2)16(22)20-9-7-19(8-10-20)15(21)11-23-17-18-13-5-3-4-6-14(13)24-17/h3-6,12H,7-11H2,1-2H3. The van der Waals surface area contributed by atoms with Gasteiger partial charge in [-0.05, 0) is 12.1 Å². The summed E-state index contributed by atoms with van der Waals surface area (Å²) >= 11 is 3.12. The second-order valence-corrected chi connectivity index (χ2v) is 8.35. The van der Waals surface area contributed by atoms with Gasteiger partial charge in [-0.25, -0.2) is 4.98 Å². The Balaban J connectivity index is 1.50. The first kappa shape index (κ1) is 17.2. The summed E-state index contributed by atoms with van der Waals surface area (Å²) in [6, 6.07) is 8.00. The number of fused-ring (bicyclic) bond motifs is 1. The number of amides is 2. The van der Waals surface area contributed by atoms with Crippen LogP contribution in [0.15, 0.2) is 28.6 Å². The predicted molar refractivity (Wildman–Crippen MR) is 98.3 cm³/mol. The van der Waals surface area contributed by atoms with Gasteiger partial charge in [0.2, 0.25) is 11.8 Å². The summed E-state index contributed by atoms with van der Waals surface area (Å²) in [6.07, 6.45) is 0. The molecular formula is C17H21N3O2S2. The van der Waals surface area contributed by atoms with Gasteiger partial charge in [0.05, 0.1) is 16.0 Å². The molecule has 1 aliphatic rings. The van der Waals surface area contributed by atoms with E-state index < -0.39 is 0 Å². The van der Waals surface area contributed by atoms with E-state index in [4.69, 9.17) is 0 Å². The molecule has 1 aromatic heterocycles. The highest BCUT2D eigenvalue weighted by Gasteiger charge is 2.25. The summed E-state index contributed by atoms with van der Waals surface area (Å²) in [6.45, 7) is 6.33. The molecule has 2 aromatic rings. The largest absolute Gasteiger partial charge is 0.339 e. The van der Waals surface area contributed by atoms with Crippen LogP contribution >= 0.6 is 23.1 Å². The van der Waals surface area contributed by atoms with E-state index in [0.717, 1.165) is 14.6 Å². The van der Waals surface area contributed by atoms with Crippen molar-refractivity contribution in [3.63, 3.8) is 0 Å². The van der Waals surface area contributed by atoms with Crippen LogP contribution < -0.4 is 0 Å². The van der Waals surface area contributed by atoms with E-state index in [0.29, 0.717) is 31.9 Å². The lowest BCUT2D eigenvalue weighted by Crippen LogP contribution is -2.51. The number of nitrogens with zero attached hydrogens (tertiary/aromatic N) is 3. The zero-order chi connectivity index (χ0) is 17.1. The van der Waals surface area contributed by atoms with Crippen molar-refractivity contribution >= 4 is 45.1 Å². The van der Waals surface area contributed by atoms with Gasteiger partial charge in [0, 0.05) is 32.1 Å². The second kappa shape index (κ2) is 7.53. The third-order valence-electron chi connectivity index (χ3n) is 4.03. The zero-order valence-electron chi connectivity index (χ0n) is 13.9. The van der Waals surface area contributed by atoms with Crippen molar-refractivity contribution < 1.29 is 9.59 Å². The zero-order valence-corrected chi connectivity index (χ0v) is 15.5. The van der Waals surface area contributed by atoms with Crippen molar-refractivity contribution in [2.45, 2.75) is 18.2 Å². The Bertz CT molecular complexity index is 703. The molecule has 24 heavy (non-hydrogen) atoms. The van der Waals surface area contributed by atoms with Crippen molar-refractivity contribution in [3.8, 4) is 0 Å². The molecule has 7 heteroatoms. The molecule has 1 fully saturated rings. The lowest BCUT2D eigenvalue weighted by Gasteiger charge is -2.35. The first-order chi connectivity index (χ1) is 11.5. The maximum atomic E-state index is 12.4. The number of carbonyl (C=O) groups is 2. The topological polar surface area (TPSA) is 53.5 Å². The number of thioether (sulfide) groups is 1. The molecule has 0 saturated carbocycles. The number of para-hydroxylation sites is 1. The van der Waals surface area contributed by atoms with Crippen LogP contribution in [0.4, 0.5) is 0 Å². The van der Waals surface area contributed by atoms with Gasteiger partial charge in [-0.3, -0.25) is 9.59 Å². The molecule has 1 saturated heterocycles. The smallest absolute Gasteiger partial charge is 0.233 e. The number of carbonyl (C=O) groups excluding carboxylic acids is 2. The van der Waals surface area contributed by atoms with Crippen LogP contribution in [0.5, 0.6) is 0 Å². The maximum Gasteiger partial charge on any atom is 0.233 e. The Morgan fingerprint density at radius 1 is 1.17 bits per heavy atom. The molecule has 0 N–H and O–H groups in total. The molecule has 0 unspecified atom stereocenters. The fourth-order valence-corrected chi connectivity index (χ4v) is 4.64. The minimum absolute atomic E-state index is 0.0156. The third-order valence-corrected chi connectivity index (χ3v) is 6.20. The molecule has 3 rings (SSSR count). The Labute approximate surface area is 150 Å². The number of benzene rings is 1. The van der Waals surface area contributed by atoms with Crippen LogP contribution in [0.3, 0.4) is 0 Å². The highest BCUT2D eigenvalue weighted by atomic mass is 32.2. The molecule has 0 atom stereocenters. The molecule has 0 spiro atoms. The van der Waals surface area contributed by atoms with Crippen LogP contribution in [0.2, 0.25) is 0 Å². The molecule has 1 aliphatic heterocycles. The van der Waals surface area contributed by atoms with Crippen molar-refractivity contribution in [3.05, 3.63) is 24.3 Å². The summed E-state index contributed by atoms with van der Waals surface area (Å²) in [7, 11) is 0. The number of hydrogen-bond acceptors (Lipinski definition) is 5. The minimum Gasteiger partial charge on any atom is -0.339 e. The molecule has 128 valence electrons. The number of aromatic nitrogens is 1. The lowest BCUT2D eigenvalue weighted by atomic mass is 10.1. The molecule has 5 nitrogen and oxygen atoms in total. The van der Waals surface area contributed by atoms with Crippen LogP contribution in [0, 0.1) is 5.92 Å². The fourth-order valence-electron chi connectivity index (χ4n) is 2.67. The lowest BCUT2D eigenvalue weighted by molar-refractivity contribution is -0.140. The van der Waals surface area contributed by atoms with E-state index in [9.17, 15) is 9.59 Å². The first-order valence-electron chi connectivity index (χ1n) is 8.09. The van der Waals surface area contributed by atoms with E-state index in [1.165, 1.54) is 11.8 Å². The van der Waals surface area contributed by atoms with Crippen LogP contribution in [-0.4, -0.2) is 58.5 Å². The van der Waals surface area contributed by atoms with Crippen LogP contribution in [-0.2, 0) is 9.59 Å². The summed E-state index contributed by atoms with van der Waals surface area (Å²) in [5.74, 6) is 0.710. The van der Waals surface area contributed by atoms with Gasteiger partial charge in [-0.1, -0.05) is 37.7 Å². The van der Waals surface area contributed by atoms with Gasteiger partial charge in [0.1, 0.15) is 0 Å². The van der Waals surface area contributed by atoms with Crippen molar-refractivity contribution in [1.82, 2.24) is 14.8 Å². The van der Waals surface area contributed by atoms with Gasteiger partial charge < -0.3 is 9.80 Å². The highest BCUT2D eigenvalue weighted by Crippen LogP contribution is 2.29. The number of rotatable bonds is 4. The molecule has 0 aliphatic carbocycles. The van der Waals surface area contributed by atoms with Gasteiger partial charge in [-0.15, -0.1) is 11.3 Å². The monoisotopic (exact) mass is 363 g/mol. The van der Waals surface area contributed by atoms with E-state index >= 15 is 0 Å². The minimum atomic E-state index is 0.0156. The van der Waals surface area contributed by atoms with E-state index in [-0.39, 0.29) is 17.7 Å². The second-order valence-electron chi connectivity index (χ2n) is 6.10. The average Bonchev–Trinajstić information content (AvgIpc) is 3.02. The van der Waals surface area contributed by atoms with Gasteiger partial charge >= 0.3 is 0 Å². The van der Waals surface area contributed by atoms with Crippen molar-refractivity contribution in [1.29, 1.82) is 0 Å². The van der Waals surface area contributed by atoms with E-state index in [1.807, 2.05) is 47.9 Å². The number of thiazole rings is 1. The fraction of sp³-hybridized carbons (Fsp3) is 0.471. The molecule has 2 amide bonds. The highest BCUT2D eigenvalue weighted by molar-refractivity contribution is 8.01. The summed E-state index contributed by atoms with van der Waals surface area (Å²) in [4.78, 5) is 32.6. The Kier molecular flexibility index (Phi) is 5.40. The summed E-state index contributed by atoms with van der Waals surface area (Å²) in [5, 5.41) is 0. The Morgan fingerprint density at radius 3 is 2.50 bits per heavy atom. The summed E-state index contributed by atoms with van der Waals surface area (Å²) < 4.78 is 2.08. The quantitative estimate of drug-likeness (QED) is 0.784. The molecule has 2 heterocycles. The predicted octanol–water partition coefficient (Wildman–Crippen LogP) is 2.72. The van der Waals surface area contributed by atoms with Crippen LogP contribution in [0.25, 0.3) is 10.2 Å².